The summed E-state index contributed by atoms with van der Waals surface area (Å²) in [5.41, 5.74) is 16.4. The molecule has 0 radical (unpaired) electrons. The number of rotatable bonds is 20. The predicted octanol–water partition coefficient (Wildman–Crippen LogP) is 6.29. The first-order valence-corrected chi connectivity index (χ1v) is 20.7. The maximum atomic E-state index is 6.74. The Bertz CT molecular complexity index is 1310. The highest BCUT2D eigenvalue weighted by atomic mass is 16.7. The molecule has 2 aliphatic heterocycles. The lowest BCUT2D eigenvalue weighted by Gasteiger charge is -2.32. The maximum Gasteiger partial charge on any atom is 0.494 e. The zero-order valence-corrected chi connectivity index (χ0v) is 35.0. The van der Waals surface area contributed by atoms with Crippen molar-refractivity contribution in [2.75, 3.05) is 13.1 Å². The molecule has 0 bridgehead atoms. The fourth-order valence-electron chi connectivity index (χ4n) is 7.36. The van der Waals surface area contributed by atoms with Gasteiger partial charge in [0.15, 0.2) is 0 Å². The summed E-state index contributed by atoms with van der Waals surface area (Å²) in [7, 11) is -0.922. The molecule has 0 saturated carbocycles. The van der Waals surface area contributed by atoms with Crippen molar-refractivity contribution < 1.29 is 18.6 Å². The van der Waals surface area contributed by atoms with E-state index in [0.29, 0.717) is 0 Å². The second kappa shape index (κ2) is 18.0. The molecule has 2 aromatic rings. The Kier molecular flexibility index (Phi) is 14.9. The largest absolute Gasteiger partial charge is 0.494 e. The monoisotopic (exact) mass is 721 g/mol. The van der Waals surface area contributed by atoms with Gasteiger partial charge in [0, 0.05) is 24.2 Å². The molecule has 2 heterocycles. The Morgan fingerprint density at radius 2 is 0.885 bits per heavy atom. The molecule has 8 nitrogen and oxygen atoms in total. The Morgan fingerprint density at radius 3 is 1.17 bits per heavy atom. The quantitative estimate of drug-likeness (QED) is 0.0933. The van der Waals surface area contributed by atoms with Gasteiger partial charge in [-0.25, -0.2) is 0 Å². The molecule has 52 heavy (non-hydrogen) atoms. The fourth-order valence-corrected chi connectivity index (χ4v) is 7.36. The molecule has 0 amide bonds. The molecule has 0 aliphatic carbocycles. The summed E-state index contributed by atoms with van der Waals surface area (Å²) in [6, 6.07) is 9.91. The zero-order chi connectivity index (χ0) is 38.5. The van der Waals surface area contributed by atoms with E-state index in [9.17, 15) is 0 Å². The van der Waals surface area contributed by atoms with Crippen LogP contribution in [0.15, 0.2) is 24.3 Å². The third kappa shape index (κ3) is 10.0. The smallest absolute Gasteiger partial charge is 0.399 e. The molecule has 2 fully saturated rings. The van der Waals surface area contributed by atoms with Crippen molar-refractivity contribution >= 4 is 35.9 Å². The van der Waals surface area contributed by atoms with Crippen LogP contribution >= 0.6 is 0 Å². The Balaban J connectivity index is 1.86. The van der Waals surface area contributed by atoms with E-state index in [2.05, 4.69) is 118 Å². The summed E-state index contributed by atoms with van der Waals surface area (Å²) in [5.74, 6) is 0. The lowest BCUT2D eigenvalue weighted by molar-refractivity contribution is 0.00578. The molecule has 6 N–H and O–H groups in total. The molecule has 0 spiro atoms. The first-order chi connectivity index (χ1) is 24.4. The molecular formula is C42H74B2N4O4. The van der Waals surface area contributed by atoms with Gasteiger partial charge in [-0.1, -0.05) is 64.8 Å². The highest BCUT2D eigenvalue weighted by Crippen LogP contribution is 2.39. The third-order valence-corrected chi connectivity index (χ3v) is 12.6. The Morgan fingerprint density at radius 1 is 0.558 bits per heavy atom. The van der Waals surface area contributed by atoms with Gasteiger partial charge in [0.2, 0.25) is 0 Å². The Labute approximate surface area is 318 Å². The fraction of sp³-hybridized carbons (Fsp3) is 0.762. The van der Waals surface area contributed by atoms with Gasteiger partial charge in [0.05, 0.1) is 22.4 Å². The van der Waals surface area contributed by atoms with Crippen molar-refractivity contribution in [3.8, 4) is 0 Å². The normalized spacial score (nSPS) is 21.5. The van der Waals surface area contributed by atoms with Crippen molar-refractivity contribution in [3.05, 3.63) is 35.4 Å². The van der Waals surface area contributed by atoms with Gasteiger partial charge in [-0.15, -0.1) is 0 Å². The van der Waals surface area contributed by atoms with Crippen LogP contribution in [-0.2, 0) is 31.5 Å². The van der Waals surface area contributed by atoms with Gasteiger partial charge in [0.1, 0.15) is 0 Å². The summed E-state index contributed by atoms with van der Waals surface area (Å²) in [6.07, 6.45) is 10.1. The molecule has 0 aromatic heterocycles. The maximum absolute atomic E-state index is 6.74. The van der Waals surface area contributed by atoms with Crippen LogP contribution in [0.25, 0.3) is 10.8 Å². The summed E-state index contributed by atoms with van der Waals surface area (Å²) in [5, 5.41) is 10.1. The number of fused-ring (bicyclic) bond motifs is 1. The van der Waals surface area contributed by atoms with E-state index in [1.54, 1.807) is 0 Å². The van der Waals surface area contributed by atoms with Crippen LogP contribution < -0.4 is 33.0 Å². The Hall–Kier alpha value is -1.49. The summed E-state index contributed by atoms with van der Waals surface area (Å²) in [4.78, 5) is 0. The van der Waals surface area contributed by atoms with Crippen LogP contribution in [-0.4, -0.2) is 73.9 Å². The highest BCUT2D eigenvalue weighted by Gasteiger charge is 2.53. The second-order valence-corrected chi connectivity index (χ2v) is 17.7. The van der Waals surface area contributed by atoms with Gasteiger partial charge in [0.25, 0.3) is 0 Å². The van der Waals surface area contributed by atoms with Crippen molar-refractivity contribution in [2.45, 2.75) is 194 Å². The van der Waals surface area contributed by atoms with Crippen molar-refractivity contribution in [1.82, 2.24) is 10.6 Å². The van der Waals surface area contributed by atoms with E-state index >= 15 is 0 Å². The van der Waals surface area contributed by atoms with Gasteiger partial charge < -0.3 is 40.7 Å². The average molecular weight is 721 g/mol. The second-order valence-electron chi connectivity index (χ2n) is 17.7. The van der Waals surface area contributed by atoms with Gasteiger partial charge >= 0.3 is 14.2 Å². The van der Waals surface area contributed by atoms with Gasteiger partial charge in [-0.2, -0.15) is 0 Å². The van der Waals surface area contributed by atoms with Crippen molar-refractivity contribution in [3.63, 3.8) is 0 Å². The van der Waals surface area contributed by atoms with Crippen molar-refractivity contribution in [2.24, 2.45) is 11.5 Å². The lowest BCUT2D eigenvalue weighted by Crippen LogP contribution is -2.45. The van der Waals surface area contributed by atoms with Crippen LogP contribution in [0.1, 0.15) is 146 Å². The lowest BCUT2D eigenvalue weighted by atomic mass is 9.72. The van der Waals surface area contributed by atoms with E-state index in [-0.39, 0.29) is 24.2 Å². The molecule has 2 aromatic carbocycles. The summed E-state index contributed by atoms with van der Waals surface area (Å²) in [6.45, 7) is 27.8. The van der Waals surface area contributed by atoms with Crippen molar-refractivity contribution in [1.29, 1.82) is 0 Å². The average Bonchev–Trinajstić information content (AvgIpc) is 3.45. The number of benzene rings is 2. The topological polar surface area (TPSA) is 113 Å². The molecule has 2 aliphatic rings. The number of nitrogens with two attached hydrogens (primary N) is 2. The zero-order valence-electron chi connectivity index (χ0n) is 35.0. The minimum Gasteiger partial charge on any atom is -0.399 e. The minimum atomic E-state index is -0.461. The minimum absolute atomic E-state index is 0.0881. The number of nitrogens with one attached hydrogen (secondary N) is 2. The van der Waals surface area contributed by atoms with E-state index in [1.807, 2.05) is 0 Å². The molecular weight excluding hydrogens is 646 g/mol. The first-order valence-electron chi connectivity index (χ1n) is 20.7. The molecule has 4 unspecified atom stereocenters. The van der Waals surface area contributed by atoms with Crippen LogP contribution in [0, 0.1) is 0 Å². The molecule has 2 saturated heterocycles. The van der Waals surface area contributed by atoms with Gasteiger partial charge in [-0.05, 0) is 153 Å². The number of unbranched alkanes of at least 4 members (excludes halogenated alkanes) is 2. The number of aryl methyl sites for hydroxylation is 2. The van der Waals surface area contributed by atoms with Crippen LogP contribution in [0.4, 0.5) is 0 Å². The third-order valence-electron chi connectivity index (χ3n) is 12.6. The predicted molar refractivity (Wildman–Crippen MR) is 222 cm³/mol. The van der Waals surface area contributed by atoms with Crippen LogP contribution in [0.2, 0.25) is 0 Å². The highest BCUT2D eigenvalue weighted by molar-refractivity contribution is 6.63. The molecule has 10 heteroatoms. The molecule has 4 rings (SSSR count). The van der Waals surface area contributed by atoms with Crippen LogP contribution in [0.3, 0.4) is 0 Å². The van der Waals surface area contributed by atoms with E-state index < -0.39 is 36.6 Å². The number of hydrogen-bond acceptors (Lipinski definition) is 8. The summed E-state index contributed by atoms with van der Waals surface area (Å²) < 4.78 is 26.7. The van der Waals surface area contributed by atoms with Gasteiger partial charge in [-0.3, -0.25) is 0 Å². The van der Waals surface area contributed by atoms with E-state index in [4.69, 9.17) is 30.1 Å². The standard InChI is InChI=1S/C42H74B2N4O4/c1-13-17-23-47-37(35(45)15-3)21-19-29-25-31(43-49-39(5,6)40(7,8)50-43)28-34-30(20-22-38(36(46)16-4)48-24-18-14-2)26-32(27-33(29)34)44-51-41(9,10)42(11,12)52-44/h25-28,35-38,47-48H,13-24,45-46H2,1-12H3. The molecule has 292 valence electrons. The number of hydrogen-bond donors (Lipinski definition) is 4. The SMILES string of the molecule is CCCCNC(CCc1cc(B2OC(C)(C)C(C)(C)O2)cc2c(CCC(NCCCC)C(N)CC)cc(B3OC(C)(C)C(C)(C)O3)cc12)C(N)CC. The van der Waals surface area contributed by atoms with Crippen LogP contribution in [0.5, 0.6) is 0 Å². The molecule has 4 atom stereocenters. The van der Waals surface area contributed by atoms with E-state index in [1.165, 1.54) is 21.9 Å². The van der Waals surface area contributed by atoms with E-state index in [0.717, 1.165) is 88.2 Å². The first kappa shape index (κ1) is 43.2. The summed E-state index contributed by atoms with van der Waals surface area (Å²) >= 11 is 0.